The summed E-state index contributed by atoms with van der Waals surface area (Å²) in [5.74, 6) is 0.569. The molecule has 0 aliphatic rings. The van der Waals surface area contributed by atoms with E-state index in [2.05, 4.69) is 36.3 Å². The molecule has 0 fully saturated rings. The van der Waals surface area contributed by atoms with Crippen LogP contribution in [0.5, 0.6) is 0 Å². The van der Waals surface area contributed by atoms with Crippen molar-refractivity contribution in [3.05, 3.63) is 76.2 Å². The van der Waals surface area contributed by atoms with Crippen LogP contribution in [-0.2, 0) is 12.6 Å². The third kappa shape index (κ3) is 5.28. The number of allylic oxidation sites excluding steroid dienone is 1. The highest BCUT2D eigenvalue weighted by Crippen LogP contribution is 2.35. The molecule has 0 aliphatic heterocycles. The SMILES string of the molecule is CC(C)Cc1ccc(-c2csc(/C(C#N)=C/Nc3ccccc3C(F)(F)F)n2)cc1. The van der Waals surface area contributed by atoms with E-state index >= 15 is 0 Å². The molecule has 0 unspecified atom stereocenters. The van der Waals surface area contributed by atoms with Gasteiger partial charge in [0.25, 0.3) is 0 Å². The Morgan fingerprint density at radius 3 is 2.50 bits per heavy atom. The first-order valence-electron chi connectivity index (χ1n) is 9.36. The lowest BCUT2D eigenvalue weighted by Crippen LogP contribution is -2.08. The molecule has 0 radical (unpaired) electrons. The summed E-state index contributed by atoms with van der Waals surface area (Å²) in [6, 6.07) is 15.2. The van der Waals surface area contributed by atoms with E-state index in [0.29, 0.717) is 10.9 Å². The summed E-state index contributed by atoms with van der Waals surface area (Å²) in [6.07, 6.45) is -2.23. The van der Waals surface area contributed by atoms with E-state index in [-0.39, 0.29) is 11.3 Å². The summed E-state index contributed by atoms with van der Waals surface area (Å²) in [4.78, 5) is 4.49. The standard InChI is InChI=1S/C23H20F3N3S/c1-15(2)11-16-7-9-17(10-8-16)21-14-30-22(29-21)18(12-27)13-28-20-6-4-3-5-19(20)23(24,25)26/h3-10,13-15,28H,11H2,1-2H3/b18-13+. The molecule has 0 spiro atoms. The zero-order valence-electron chi connectivity index (χ0n) is 16.5. The molecule has 2 aromatic carbocycles. The second-order valence-electron chi connectivity index (χ2n) is 7.19. The first-order valence-corrected chi connectivity index (χ1v) is 10.2. The molecule has 0 atom stereocenters. The number of hydrogen-bond acceptors (Lipinski definition) is 4. The van der Waals surface area contributed by atoms with Gasteiger partial charge in [-0.25, -0.2) is 4.98 Å². The minimum Gasteiger partial charge on any atom is -0.360 e. The van der Waals surface area contributed by atoms with E-state index in [1.807, 2.05) is 23.6 Å². The van der Waals surface area contributed by atoms with Crippen LogP contribution >= 0.6 is 11.3 Å². The van der Waals surface area contributed by atoms with Gasteiger partial charge in [0, 0.05) is 17.1 Å². The number of nitrogens with zero attached hydrogens (tertiary/aromatic N) is 2. The van der Waals surface area contributed by atoms with Gasteiger partial charge >= 0.3 is 6.18 Å². The Bertz CT molecular complexity index is 1070. The monoisotopic (exact) mass is 427 g/mol. The minimum atomic E-state index is -4.49. The van der Waals surface area contributed by atoms with Crippen LogP contribution in [0.3, 0.4) is 0 Å². The van der Waals surface area contributed by atoms with E-state index in [9.17, 15) is 18.4 Å². The number of halogens is 3. The van der Waals surface area contributed by atoms with Gasteiger partial charge in [-0.3, -0.25) is 0 Å². The van der Waals surface area contributed by atoms with Crippen LogP contribution < -0.4 is 5.32 Å². The number of thiazole rings is 1. The van der Waals surface area contributed by atoms with Crippen LogP contribution in [0, 0.1) is 17.2 Å². The van der Waals surface area contributed by atoms with Gasteiger partial charge in [0.1, 0.15) is 16.6 Å². The van der Waals surface area contributed by atoms with Crippen molar-refractivity contribution in [2.75, 3.05) is 5.32 Å². The topological polar surface area (TPSA) is 48.7 Å². The molecular weight excluding hydrogens is 407 g/mol. The maximum absolute atomic E-state index is 13.1. The van der Waals surface area contributed by atoms with Crippen LogP contribution in [0.1, 0.15) is 30.0 Å². The minimum absolute atomic E-state index is 0.115. The van der Waals surface area contributed by atoms with Crippen LogP contribution in [-0.4, -0.2) is 4.98 Å². The van der Waals surface area contributed by atoms with Gasteiger partial charge in [-0.2, -0.15) is 18.4 Å². The zero-order valence-corrected chi connectivity index (χ0v) is 17.3. The number of nitriles is 1. The van der Waals surface area contributed by atoms with Crippen molar-refractivity contribution in [3.63, 3.8) is 0 Å². The van der Waals surface area contributed by atoms with E-state index in [0.717, 1.165) is 23.7 Å². The van der Waals surface area contributed by atoms with E-state index in [4.69, 9.17) is 0 Å². The Hall–Kier alpha value is -3.11. The summed E-state index contributed by atoms with van der Waals surface area (Å²) in [7, 11) is 0. The Balaban J connectivity index is 1.81. The predicted molar refractivity (Wildman–Crippen MR) is 115 cm³/mol. The molecule has 0 aliphatic carbocycles. The number of alkyl halides is 3. The second-order valence-corrected chi connectivity index (χ2v) is 8.05. The van der Waals surface area contributed by atoms with Gasteiger partial charge in [-0.05, 0) is 30.0 Å². The number of nitrogens with one attached hydrogen (secondary N) is 1. The molecule has 30 heavy (non-hydrogen) atoms. The third-order valence-corrected chi connectivity index (χ3v) is 5.23. The van der Waals surface area contributed by atoms with Crippen molar-refractivity contribution >= 4 is 22.6 Å². The molecular formula is C23H20F3N3S. The fraction of sp³-hybridized carbons (Fsp3) is 0.217. The van der Waals surface area contributed by atoms with Crippen LogP contribution in [0.2, 0.25) is 0 Å². The van der Waals surface area contributed by atoms with Gasteiger partial charge in [0.15, 0.2) is 0 Å². The van der Waals surface area contributed by atoms with Gasteiger partial charge in [0.2, 0.25) is 0 Å². The average molecular weight is 427 g/mol. The van der Waals surface area contributed by atoms with Crippen LogP contribution in [0.25, 0.3) is 16.8 Å². The lowest BCUT2D eigenvalue weighted by Gasteiger charge is -2.12. The zero-order chi connectivity index (χ0) is 21.7. The Morgan fingerprint density at radius 2 is 1.87 bits per heavy atom. The largest absolute Gasteiger partial charge is 0.418 e. The lowest BCUT2D eigenvalue weighted by atomic mass is 10.0. The average Bonchev–Trinajstić information content (AvgIpc) is 3.18. The highest BCUT2D eigenvalue weighted by atomic mass is 32.1. The van der Waals surface area contributed by atoms with Gasteiger partial charge in [-0.15, -0.1) is 11.3 Å². The lowest BCUT2D eigenvalue weighted by molar-refractivity contribution is -0.136. The highest BCUT2D eigenvalue weighted by molar-refractivity contribution is 7.11. The summed E-state index contributed by atoms with van der Waals surface area (Å²) in [5.41, 5.74) is 2.16. The maximum atomic E-state index is 13.1. The smallest absolute Gasteiger partial charge is 0.360 e. The quantitative estimate of drug-likeness (QED) is 0.431. The van der Waals surface area contributed by atoms with Crippen molar-refractivity contribution in [1.82, 2.24) is 4.98 Å². The molecule has 154 valence electrons. The maximum Gasteiger partial charge on any atom is 0.418 e. The molecule has 1 aromatic heterocycles. The fourth-order valence-electron chi connectivity index (χ4n) is 2.96. The molecule has 3 nitrogen and oxygen atoms in total. The van der Waals surface area contributed by atoms with Crippen molar-refractivity contribution in [3.8, 4) is 17.3 Å². The summed E-state index contributed by atoms with van der Waals surface area (Å²) in [5, 5.41) is 14.4. The number of hydrogen-bond donors (Lipinski definition) is 1. The van der Waals surface area contributed by atoms with Crippen LogP contribution in [0.4, 0.5) is 18.9 Å². The number of benzene rings is 2. The van der Waals surface area contributed by atoms with E-state index in [1.54, 1.807) is 0 Å². The molecule has 1 N–H and O–H groups in total. The summed E-state index contributed by atoms with van der Waals surface area (Å²) < 4.78 is 39.4. The van der Waals surface area contributed by atoms with Gasteiger partial charge in [0.05, 0.1) is 16.9 Å². The number of anilines is 1. The third-order valence-electron chi connectivity index (χ3n) is 4.35. The predicted octanol–water partition coefficient (Wildman–Crippen LogP) is 7.00. The summed E-state index contributed by atoms with van der Waals surface area (Å²) in [6.45, 7) is 4.33. The Kier molecular flexibility index (Phi) is 6.58. The van der Waals surface area contributed by atoms with Gasteiger partial charge < -0.3 is 5.32 Å². The molecule has 3 aromatic rings. The first-order chi connectivity index (χ1) is 14.3. The molecule has 0 saturated carbocycles. The molecule has 0 bridgehead atoms. The fourth-order valence-corrected chi connectivity index (χ4v) is 3.76. The van der Waals surface area contributed by atoms with Crippen molar-refractivity contribution in [1.29, 1.82) is 5.26 Å². The van der Waals surface area contributed by atoms with E-state index in [1.165, 1.54) is 41.3 Å². The Morgan fingerprint density at radius 1 is 1.17 bits per heavy atom. The molecule has 3 rings (SSSR count). The van der Waals surface area contributed by atoms with Crippen molar-refractivity contribution in [2.24, 2.45) is 5.92 Å². The molecule has 7 heteroatoms. The Labute approximate surface area is 177 Å². The molecule has 0 saturated heterocycles. The highest BCUT2D eigenvalue weighted by Gasteiger charge is 2.33. The second kappa shape index (κ2) is 9.14. The van der Waals surface area contributed by atoms with Gasteiger partial charge in [-0.1, -0.05) is 50.2 Å². The molecule has 1 heterocycles. The number of para-hydroxylation sites is 1. The normalized spacial score (nSPS) is 12.1. The molecule has 0 amide bonds. The van der Waals surface area contributed by atoms with E-state index < -0.39 is 11.7 Å². The van der Waals surface area contributed by atoms with Crippen molar-refractivity contribution < 1.29 is 13.2 Å². The number of rotatable bonds is 6. The number of aromatic nitrogens is 1. The summed E-state index contributed by atoms with van der Waals surface area (Å²) >= 11 is 1.27. The first kappa shape index (κ1) is 21.6. The van der Waals surface area contributed by atoms with Crippen molar-refractivity contribution in [2.45, 2.75) is 26.4 Å². The van der Waals surface area contributed by atoms with Crippen LogP contribution in [0.15, 0.2) is 60.1 Å².